The van der Waals surface area contributed by atoms with E-state index in [4.69, 9.17) is 9.15 Å². The highest BCUT2D eigenvalue weighted by molar-refractivity contribution is 5.99. The van der Waals surface area contributed by atoms with Gasteiger partial charge < -0.3 is 13.9 Å². The number of carbonyl (C=O) groups is 2. The standard InChI is InChI=1S/C15H14O4/c1-8-7-18-14-6-11-12(5-10(8)14)15(17)19-13(11)4-3-9(2)16/h5-7,13H,3-4H2,1-2H3/t13-/m1/s1. The van der Waals surface area contributed by atoms with E-state index in [2.05, 4.69) is 0 Å². The maximum atomic E-state index is 11.9. The molecule has 1 atom stereocenters. The van der Waals surface area contributed by atoms with Crippen molar-refractivity contribution in [2.75, 3.05) is 0 Å². The van der Waals surface area contributed by atoms with Crippen molar-refractivity contribution < 1.29 is 18.7 Å². The molecule has 1 aromatic carbocycles. The maximum absolute atomic E-state index is 11.9. The Morgan fingerprint density at radius 3 is 2.89 bits per heavy atom. The van der Waals surface area contributed by atoms with E-state index in [0.29, 0.717) is 18.4 Å². The van der Waals surface area contributed by atoms with E-state index in [9.17, 15) is 9.59 Å². The summed E-state index contributed by atoms with van der Waals surface area (Å²) in [6.07, 6.45) is 2.28. The van der Waals surface area contributed by atoms with Crippen molar-refractivity contribution in [1.29, 1.82) is 0 Å². The van der Waals surface area contributed by atoms with Gasteiger partial charge in [0.15, 0.2) is 0 Å². The fourth-order valence-corrected chi connectivity index (χ4v) is 2.46. The molecule has 0 saturated heterocycles. The van der Waals surface area contributed by atoms with Crippen LogP contribution in [-0.4, -0.2) is 11.8 Å². The van der Waals surface area contributed by atoms with Crippen molar-refractivity contribution in [2.45, 2.75) is 32.8 Å². The zero-order chi connectivity index (χ0) is 13.6. The van der Waals surface area contributed by atoms with Crippen molar-refractivity contribution >= 4 is 22.7 Å². The lowest BCUT2D eigenvalue weighted by Gasteiger charge is -2.08. The van der Waals surface area contributed by atoms with E-state index in [1.165, 1.54) is 6.92 Å². The molecule has 0 amide bonds. The fourth-order valence-electron chi connectivity index (χ4n) is 2.46. The number of aryl methyl sites for hydroxylation is 1. The third kappa shape index (κ3) is 1.93. The van der Waals surface area contributed by atoms with Crippen LogP contribution in [0.3, 0.4) is 0 Å². The molecular weight excluding hydrogens is 244 g/mol. The summed E-state index contributed by atoms with van der Waals surface area (Å²) in [6, 6.07) is 3.67. The van der Waals surface area contributed by atoms with Crippen LogP contribution < -0.4 is 0 Å². The second kappa shape index (κ2) is 4.23. The quantitative estimate of drug-likeness (QED) is 0.792. The molecule has 0 fully saturated rings. The second-order valence-corrected chi connectivity index (χ2v) is 4.99. The van der Waals surface area contributed by atoms with Gasteiger partial charge in [0.1, 0.15) is 17.5 Å². The molecule has 3 rings (SSSR count). The number of Topliss-reactive ketones (excluding diaryl/α,β-unsaturated/α-hetero) is 1. The molecule has 0 aliphatic carbocycles. The lowest BCUT2D eigenvalue weighted by atomic mass is 9.99. The van der Waals surface area contributed by atoms with Crippen molar-refractivity contribution in [3.63, 3.8) is 0 Å². The van der Waals surface area contributed by atoms with Gasteiger partial charge in [0, 0.05) is 17.4 Å². The van der Waals surface area contributed by atoms with E-state index >= 15 is 0 Å². The van der Waals surface area contributed by atoms with Crippen LogP contribution >= 0.6 is 0 Å². The SMILES string of the molecule is CC(=O)CC[C@H]1OC(=O)c2cc3c(C)coc3cc21. The fraction of sp³-hybridized carbons (Fsp3) is 0.333. The summed E-state index contributed by atoms with van der Waals surface area (Å²) >= 11 is 0. The Balaban J connectivity index is 2.03. The zero-order valence-corrected chi connectivity index (χ0v) is 10.9. The first kappa shape index (κ1) is 12.0. The molecule has 2 aromatic rings. The summed E-state index contributed by atoms with van der Waals surface area (Å²) in [7, 11) is 0. The number of hydrogen-bond donors (Lipinski definition) is 0. The van der Waals surface area contributed by atoms with E-state index < -0.39 is 0 Å². The summed E-state index contributed by atoms with van der Waals surface area (Å²) in [5.74, 6) is -0.217. The first-order valence-electron chi connectivity index (χ1n) is 6.28. The Bertz CT molecular complexity index is 681. The molecule has 1 aliphatic rings. The van der Waals surface area contributed by atoms with Gasteiger partial charge in [-0.25, -0.2) is 4.79 Å². The molecule has 0 saturated carbocycles. The minimum Gasteiger partial charge on any atom is -0.464 e. The van der Waals surface area contributed by atoms with Gasteiger partial charge in [0.2, 0.25) is 0 Å². The first-order valence-corrected chi connectivity index (χ1v) is 6.28. The normalized spacial score (nSPS) is 17.6. The van der Waals surface area contributed by atoms with E-state index in [-0.39, 0.29) is 17.9 Å². The van der Waals surface area contributed by atoms with Gasteiger partial charge in [-0.1, -0.05) is 0 Å². The van der Waals surface area contributed by atoms with Crippen molar-refractivity contribution in [2.24, 2.45) is 0 Å². The summed E-state index contributed by atoms with van der Waals surface area (Å²) in [4.78, 5) is 22.9. The lowest BCUT2D eigenvalue weighted by Crippen LogP contribution is -2.01. The lowest BCUT2D eigenvalue weighted by molar-refractivity contribution is -0.117. The highest BCUT2D eigenvalue weighted by Crippen LogP contribution is 2.37. The van der Waals surface area contributed by atoms with Crippen LogP contribution in [0.15, 0.2) is 22.8 Å². The minimum absolute atomic E-state index is 0.0967. The van der Waals surface area contributed by atoms with Gasteiger partial charge in [0.25, 0.3) is 0 Å². The van der Waals surface area contributed by atoms with E-state index in [1.54, 1.807) is 6.26 Å². The van der Waals surface area contributed by atoms with Gasteiger partial charge in [-0.3, -0.25) is 0 Å². The molecule has 0 spiro atoms. The molecule has 0 radical (unpaired) electrons. The molecule has 2 heterocycles. The molecule has 0 unspecified atom stereocenters. The van der Waals surface area contributed by atoms with Gasteiger partial charge in [-0.15, -0.1) is 0 Å². The number of furan rings is 1. The highest BCUT2D eigenvalue weighted by atomic mass is 16.5. The molecule has 1 aliphatic heterocycles. The smallest absolute Gasteiger partial charge is 0.339 e. The average Bonchev–Trinajstić information content (AvgIpc) is 2.88. The molecule has 0 bridgehead atoms. The molecule has 0 N–H and O–H groups in total. The van der Waals surface area contributed by atoms with Crippen LogP contribution in [0.5, 0.6) is 0 Å². The zero-order valence-electron chi connectivity index (χ0n) is 10.9. The molecule has 4 heteroatoms. The van der Waals surface area contributed by atoms with E-state index in [0.717, 1.165) is 22.1 Å². The largest absolute Gasteiger partial charge is 0.464 e. The Kier molecular flexibility index (Phi) is 2.66. The Morgan fingerprint density at radius 1 is 1.37 bits per heavy atom. The molecule has 19 heavy (non-hydrogen) atoms. The van der Waals surface area contributed by atoms with Crippen molar-refractivity contribution in [3.05, 3.63) is 35.1 Å². The number of esters is 1. The maximum Gasteiger partial charge on any atom is 0.339 e. The van der Waals surface area contributed by atoms with Gasteiger partial charge in [-0.2, -0.15) is 0 Å². The van der Waals surface area contributed by atoms with Crippen LogP contribution in [0.25, 0.3) is 11.0 Å². The van der Waals surface area contributed by atoms with E-state index in [1.807, 2.05) is 19.1 Å². The van der Waals surface area contributed by atoms with Crippen LogP contribution in [0.4, 0.5) is 0 Å². The first-order chi connectivity index (χ1) is 9.06. The van der Waals surface area contributed by atoms with Crippen molar-refractivity contribution in [3.8, 4) is 0 Å². The predicted molar refractivity (Wildman–Crippen MR) is 69.0 cm³/mol. The highest BCUT2D eigenvalue weighted by Gasteiger charge is 2.32. The number of hydrogen-bond acceptors (Lipinski definition) is 4. The summed E-state index contributed by atoms with van der Waals surface area (Å²) in [5, 5.41) is 0.933. The van der Waals surface area contributed by atoms with Gasteiger partial charge in [0.05, 0.1) is 11.8 Å². The van der Waals surface area contributed by atoms with Crippen LogP contribution in [0.2, 0.25) is 0 Å². The summed E-state index contributed by atoms with van der Waals surface area (Å²) in [5.41, 5.74) is 3.17. The number of fused-ring (bicyclic) bond motifs is 2. The van der Waals surface area contributed by atoms with Gasteiger partial charge >= 0.3 is 5.97 Å². The monoisotopic (exact) mass is 258 g/mol. The number of carbonyl (C=O) groups excluding carboxylic acids is 2. The second-order valence-electron chi connectivity index (χ2n) is 4.99. The number of ketones is 1. The summed E-state index contributed by atoms with van der Waals surface area (Å²) in [6.45, 7) is 3.47. The number of benzene rings is 1. The molecule has 1 aromatic heterocycles. The van der Waals surface area contributed by atoms with Crippen LogP contribution in [-0.2, 0) is 9.53 Å². The van der Waals surface area contributed by atoms with Crippen molar-refractivity contribution in [1.82, 2.24) is 0 Å². The third-order valence-electron chi connectivity index (χ3n) is 3.51. The topological polar surface area (TPSA) is 56.5 Å². The van der Waals surface area contributed by atoms with Crippen LogP contribution in [0.1, 0.15) is 47.4 Å². The van der Waals surface area contributed by atoms with Gasteiger partial charge in [-0.05, 0) is 38.0 Å². The number of cyclic esters (lactones) is 1. The Morgan fingerprint density at radius 2 is 2.16 bits per heavy atom. The minimum atomic E-state index is -0.332. The van der Waals surface area contributed by atoms with Crippen LogP contribution in [0, 0.1) is 6.92 Å². The predicted octanol–water partition coefficient (Wildman–Crippen LogP) is 3.32. The molecule has 98 valence electrons. The molecule has 4 nitrogen and oxygen atoms in total. The number of rotatable bonds is 3. The Labute approximate surface area is 110 Å². The third-order valence-corrected chi connectivity index (χ3v) is 3.51. The number of ether oxygens (including phenoxy) is 1. The molecular formula is C15H14O4. The average molecular weight is 258 g/mol. The summed E-state index contributed by atoms with van der Waals surface area (Å²) < 4.78 is 10.8. The Hall–Kier alpha value is -2.10.